The Balaban J connectivity index is 1.97. The van der Waals surface area contributed by atoms with Crippen LogP contribution in [-0.4, -0.2) is 27.3 Å². The number of benzene rings is 1. The van der Waals surface area contributed by atoms with E-state index in [-0.39, 0.29) is 23.3 Å². The van der Waals surface area contributed by atoms with Crippen molar-refractivity contribution in [1.82, 2.24) is 14.9 Å². The number of thiophene rings is 1. The van der Waals surface area contributed by atoms with Crippen LogP contribution in [0.5, 0.6) is 0 Å². The fraction of sp³-hybridized carbons (Fsp3) is 0.278. The lowest BCUT2D eigenvalue weighted by atomic mass is 10.3. The maximum atomic E-state index is 13.0. The van der Waals surface area contributed by atoms with Crippen molar-refractivity contribution in [3.05, 3.63) is 51.1 Å². The van der Waals surface area contributed by atoms with Crippen molar-refractivity contribution in [3.63, 3.8) is 0 Å². The highest BCUT2D eigenvalue weighted by molar-refractivity contribution is 7.99. The third-order valence-electron chi connectivity index (χ3n) is 3.89. The zero-order valence-electron chi connectivity index (χ0n) is 14.4. The van der Waals surface area contributed by atoms with Gasteiger partial charge in [-0.1, -0.05) is 30.3 Å². The Hall–Kier alpha value is -1.83. The average molecular weight is 408 g/mol. The molecule has 0 aliphatic rings. The number of carbonyl (C=O) groups is 1. The van der Waals surface area contributed by atoms with Crippen molar-refractivity contribution in [1.29, 1.82) is 0 Å². The topological polar surface area (TPSA) is 64.0 Å². The van der Waals surface area contributed by atoms with Gasteiger partial charge in [0.05, 0.1) is 17.0 Å². The van der Waals surface area contributed by atoms with E-state index in [1.165, 1.54) is 27.7 Å². The zero-order valence-corrected chi connectivity index (χ0v) is 16.7. The molecule has 1 atom stereocenters. The van der Waals surface area contributed by atoms with Crippen LogP contribution >= 0.6 is 34.7 Å². The third kappa shape index (κ3) is 4.11. The number of aromatic nitrogens is 2. The number of halogens is 1. The largest absolute Gasteiger partial charge is 0.353 e. The Kier molecular flexibility index (Phi) is 6.01. The molecule has 0 bridgehead atoms. The smallest absolute Gasteiger partial charge is 0.276 e. The van der Waals surface area contributed by atoms with Crippen molar-refractivity contribution < 1.29 is 4.79 Å². The summed E-state index contributed by atoms with van der Waals surface area (Å²) >= 11 is 8.57. The van der Waals surface area contributed by atoms with Gasteiger partial charge in [0.1, 0.15) is 4.70 Å². The summed E-state index contributed by atoms with van der Waals surface area (Å²) in [4.78, 5) is 29.7. The van der Waals surface area contributed by atoms with Crippen LogP contribution in [0.4, 0.5) is 0 Å². The van der Waals surface area contributed by atoms with Gasteiger partial charge in [-0.3, -0.25) is 14.2 Å². The molecule has 0 spiro atoms. The van der Waals surface area contributed by atoms with Gasteiger partial charge in [-0.05, 0) is 49.1 Å². The second-order valence-electron chi connectivity index (χ2n) is 5.81. The highest BCUT2D eigenvalue weighted by Crippen LogP contribution is 2.24. The fourth-order valence-electron chi connectivity index (χ4n) is 2.36. The maximum Gasteiger partial charge on any atom is 0.276 e. The van der Waals surface area contributed by atoms with Crippen LogP contribution in [0.25, 0.3) is 15.9 Å². The first-order chi connectivity index (χ1) is 12.5. The molecular formula is C18H18ClN3O2S2. The van der Waals surface area contributed by atoms with E-state index in [4.69, 9.17) is 11.6 Å². The molecule has 0 saturated carbocycles. The molecule has 0 aliphatic heterocycles. The summed E-state index contributed by atoms with van der Waals surface area (Å²) in [6.07, 6.45) is 0.866. The highest BCUT2D eigenvalue weighted by atomic mass is 35.5. The number of nitrogens with one attached hydrogen (secondary N) is 1. The molecule has 0 aliphatic carbocycles. The predicted octanol–water partition coefficient (Wildman–Crippen LogP) is 4.11. The minimum Gasteiger partial charge on any atom is -0.353 e. The molecule has 3 aromatic rings. The van der Waals surface area contributed by atoms with Crippen molar-refractivity contribution in [2.24, 2.45) is 0 Å². The first-order valence-electron chi connectivity index (χ1n) is 8.18. The summed E-state index contributed by atoms with van der Waals surface area (Å²) in [5.74, 6) is 0.117. The molecule has 1 aromatic carbocycles. The first-order valence-corrected chi connectivity index (χ1v) is 10.4. The molecule has 136 valence electrons. The van der Waals surface area contributed by atoms with Crippen molar-refractivity contribution >= 4 is 50.8 Å². The number of rotatable bonds is 6. The van der Waals surface area contributed by atoms with Crippen LogP contribution in [0.15, 0.2) is 45.7 Å². The SMILES string of the molecule is CC[C@H](C)NC(=O)CSc1nc2ccsc2c(=O)n1-c1ccc(Cl)cc1. The molecule has 0 saturated heterocycles. The Bertz CT molecular complexity index is 982. The molecule has 1 N–H and O–H groups in total. The summed E-state index contributed by atoms with van der Waals surface area (Å²) in [5.41, 5.74) is 1.18. The summed E-state index contributed by atoms with van der Waals surface area (Å²) in [6.45, 7) is 3.98. The van der Waals surface area contributed by atoms with Gasteiger partial charge in [0, 0.05) is 11.1 Å². The van der Waals surface area contributed by atoms with E-state index in [0.717, 1.165) is 6.42 Å². The molecule has 5 nitrogen and oxygen atoms in total. The van der Waals surface area contributed by atoms with Gasteiger partial charge in [-0.15, -0.1) is 11.3 Å². The molecule has 2 heterocycles. The maximum absolute atomic E-state index is 13.0. The van der Waals surface area contributed by atoms with Gasteiger partial charge in [0.25, 0.3) is 5.56 Å². The molecule has 1 amide bonds. The Morgan fingerprint density at radius 2 is 2.08 bits per heavy atom. The fourth-order valence-corrected chi connectivity index (χ4v) is 4.06. The number of carbonyl (C=O) groups excluding carboxylic acids is 1. The lowest BCUT2D eigenvalue weighted by Gasteiger charge is -2.13. The number of nitrogens with zero attached hydrogens (tertiary/aromatic N) is 2. The second kappa shape index (κ2) is 8.24. The van der Waals surface area contributed by atoms with Crippen molar-refractivity contribution in [3.8, 4) is 5.69 Å². The van der Waals surface area contributed by atoms with Gasteiger partial charge in [-0.25, -0.2) is 4.98 Å². The summed E-state index contributed by atoms with van der Waals surface area (Å²) in [7, 11) is 0. The normalized spacial score (nSPS) is 12.3. The monoisotopic (exact) mass is 407 g/mol. The molecule has 0 fully saturated rings. The van der Waals surface area contributed by atoms with Gasteiger partial charge in [-0.2, -0.15) is 0 Å². The number of thioether (sulfide) groups is 1. The van der Waals surface area contributed by atoms with E-state index in [2.05, 4.69) is 10.3 Å². The molecule has 3 rings (SSSR count). The highest BCUT2D eigenvalue weighted by Gasteiger charge is 2.16. The molecule has 26 heavy (non-hydrogen) atoms. The quantitative estimate of drug-likeness (QED) is 0.493. The minimum absolute atomic E-state index is 0.0772. The van der Waals surface area contributed by atoms with E-state index < -0.39 is 0 Å². The Labute approximate surface area is 164 Å². The first kappa shape index (κ1) is 18.9. The lowest BCUT2D eigenvalue weighted by Crippen LogP contribution is -2.33. The summed E-state index contributed by atoms with van der Waals surface area (Å²) < 4.78 is 2.13. The van der Waals surface area contributed by atoms with E-state index >= 15 is 0 Å². The van der Waals surface area contributed by atoms with E-state index in [0.29, 0.717) is 26.1 Å². The second-order valence-corrected chi connectivity index (χ2v) is 8.11. The lowest BCUT2D eigenvalue weighted by molar-refractivity contribution is -0.119. The Morgan fingerprint density at radius 3 is 2.77 bits per heavy atom. The number of amides is 1. The van der Waals surface area contributed by atoms with Crippen LogP contribution in [0.2, 0.25) is 5.02 Å². The van der Waals surface area contributed by atoms with Gasteiger partial charge >= 0.3 is 0 Å². The molecular weight excluding hydrogens is 390 g/mol. The predicted molar refractivity (Wildman–Crippen MR) is 109 cm³/mol. The molecule has 2 aromatic heterocycles. The van der Waals surface area contributed by atoms with Crippen LogP contribution in [0.1, 0.15) is 20.3 Å². The van der Waals surface area contributed by atoms with E-state index in [9.17, 15) is 9.59 Å². The van der Waals surface area contributed by atoms with Crippen LogP contribution in [0.3, 0.4) is 0 Å². The van der Waals surface area contributed by atoms with E-state index in [1.54, 1.807) is 24.3 Å². The van der Waals surface area contributed by atoms with Gasteiger partial charge in [0.2, 0.25) is 5.91 Å². The zero-order chi connectivity index (χ0) is 18.7. The number of hydrogen-bond donors (Lipinski definition) is 1. The molecule has 0 radical (unpaired) electrons. The Morgan fingerprint density at radius 1 is 1.35 bits per heavy atom. The van der Waals surface area contributed by atoms with Gasteiger partial charge < -0.3 is 5.32 Å². The van der Waals surface area contributed by atoms with Crippen LogP contribution in [0, 0.1) is 0 Å². The summed E-state index contributed by atoms with van der Waals surface area (Å²) in [6, 6.07) is 8.94. The minimum atomic E-state index is -0.142. The van der Waals surface area contributed by atoms with Crippen molar-refractivity contribution in [2.45, 2.75) is 31.5 Å². The van der Waals surface area contributed by atoms with Crippen LogP contribution in [-0.2, 0) is 4.79 Å². The molecule has 8 heteroatoms. The van der Waals surface area contributed by atoms with E-state index in [1.807, 2.05) is 25.3 Å². The average Bonchev–Trinajstić information content (AvgIpc) is 3.10. The standard InChI is InChI=1S/C18H18ClN3O2S2/c1-3-11(2)20-15(23)10-26-18-21-14-8-9-25-16(14)17(24)22(18)13-6-4-12(19)5-7-13/h4-9,11H,3,10H2,1-2H3,(H,20,23)/t11-/m0/s1. The van der Waals surface area contributed by atoms with Gasteiger partial charge in [0.15, 0.2) is 5.16 Å². The third-order valence-corrected chi connectivity index (χ3v) is 5.97. The van der Waals surface area contributed by atoms with Crippen molar-refractivity contribution in [2.75, 3.05) is 5.75 Å². The van der Waals surface area contributed by atoms with Crippen LogP contribution < -0.4 is 10.9 Å². The summed E-state index contributed by atoms with van der Waals surface area (Å²) in [5, 5.41) is 5.85. The number of fused-ring (bicyclic) bond motifs is 1. The number of hydrogen-bond acceptors (Lipinski definition) is 5. The molecule has 0 unspecified atom stereocenters.